The van der Waals surface area contributed by atoms with Crippen molar-refractivity contribution < 1.29 is 9.72 Å². The minimum atomic E-state index is -0.701. The van der Waals surface area contributed by atoms with Crippen molar-refractivity contribution in [3.63, 3.8) is 0 Å². The van der Waals surface area contributed by atoms with E-state index < -0.39 is 16.5 Å². The van der Waals surface area contributed by atoms with E-state index >= 15 is 0 Å². The number of carbonyl (C=O) groups is 1. The molecule has 8 heteroatoms. The van der Waals surface area contributed by atoms with Crippen LogP contribution in [0.25, 0.3) is 0 Å². The molecule has 0 aromatic heterocycles. The van der Waals surface area contributed by atoms with Gasteiger partial charge >= 0.3 is 0 Å². The second-order valence-corrected chi connectivity index (χ2v) is 4.90. The lowest BCUT2D eigenvalue weighted by Crippen LogP contribution is -2.13. The SMILES string of the molecule is Nc1c(Cl)cc(C(=O)Nc2ccccc2Cl)cc1[N+](=O)[O-]. The van der Waals surface area contributed by atoms with Gasteiger partial charge in [0.1, 0.15) is 5.69 Å². The summed E-state index contributed by atoms with van der Waals surface area (Å²) in [5.74, 6) is -0.576. The van der Waals surface area contributed by atoms with E-state index in [2.05, 4.69) is 5.32 Å². The summed E-state index contributed by atoms with van der Waals surface area (Å²) in [5, 5.41) is 13.7. The van der Waals surface area contributed by atoms with Crippen molar-refractivity contribution in [2.75, 3.05) is 11.1 Å². The molecule has 0 unspecified atom stereocenters. The quantitative estimate of drug-likeness (QED) is 0.510. The third kappa shape index (κ3) is 3.24. The van der Waals surface area contributed by atoms with Crippen LogP contribution >= 0.6 is 23.2 Å². The minimum absolute atomic E-state index is 0.0146. The first kappa shape index (κ1) is 15.1. The van der Waals surface area contributed by atoms with Crippen molar-refractivity contribution in [3.05, 3.63) is 62.1 Å². The van der Waals surface area contributed by atoms with Crippen LogP contribution in [0.4, 0.5) is 17.1 Å². The fourth-order valence-corrected chi connectivity index (χ4v) is 2.04. The summed E-state index contributed by atoms with van der Waals surface area (Å²) < 4.78 is 0. The van der Waals surface area contributed by atoms with Gasteiger partial charge < -0.3 is 11.1 Å². The van der Waals surface area contributed by atoms with Gasteiger partial charge in [-0.25, -0.2) is 0 Å². The van der Waals surface area contributed by atoms with Crippen molar-refractivity contribution >= 4 is 46.2 Å². The zero-order valence-corrected chi connectivity index (χ0v) is 12.0. The molecule has 0 spiro atoms. The number of carbonyl (C=O) groups excluding carboxylic acids is 1. The first-order chi connectivity index (χ1) is 9.90. The fraction of sp³-hybridized carbons (Fsp3) is 0. The zero-order valence-electron chi connectivity index (χ0n) is 10.5. The molecule has 3 N–H and O–H groups in total. The number of nitro groups is 1. The standard InChI is InChI=1S/C13H9Cl2N3O3/c14-8-3-1-2-4-10(8)17-13(19)7-5-9(15)12(16)11(6-7)18(20)21/h1-6H,16H2,(H,17,19). The summed E-state index contributed by atoms with van der Waals surface area (Å²) in [5.41, 5.74) is 5.30. The molecule has 0 atom stereocenters. The molecule has 21 heavy (non-hydrogen) atoms. The zero-order chi connectivity index (χ0) is 15.6. The van der Waals surface area contributed by atoms with Crippen LogP contribution in [0, 0.1) is 10.1 Å². The third-order valence-electron chi connectivity index (χ3n) is 2.69. The van der Waals surface area contributed by atoms with Crippen molar-refractivity contribution in [1.82, 2.24) is 0 Å². The molecule has 108 valence electrons. The van der Waals surface area contributed by atoms with Crippen LogP contribution in [-0.2, 0) is 0 Å². The van der Waals surface area contributed by atoms with E-state index in [1.165, 1.54) is 6.07 Å². The number of amides is 1. The number of benzene rings is 2. The number of nitro benzene ring substituents is 1. The van der Waals surface area contributed by atoms with Crippen molar-refractivity contribution in [3.8, 4) is 0 Å². The smallest absolute Gasteiger partial charge is 0.294 e. The number of nitrogens with one attached hydrogen (secondary N) is 1. The topological polar surface area (TPSA) is 98.3 Å². The third-order valence-corrected chi connectivity index (χ3v) is 3.33. The van der Waals surface area contributed by atoms with Gasteiger partial charge in [0, 0.05) is 11.6 Å². The van der Waals surface area contributed by atoms with Crippen molar-refractivity contribution in [2.24, 2.45) is 0 Å². The Kier molecular flexibility index (Phi) is 4.30. The number of hydrogen-bond donors (Lipinski definition) is 2. The second kappa shape index (κ2) is 5.99. The number of rotatable bonds is 3. The number of nitrogens with two attached hydrogens (primary N) is 1. The van der Waals surface area contributed by atoms with E-state index in [4.69, 9.17) is 28.9 Å². The van der Waals surface area contributed by atoms with Gasteiger partial charge in [-0.05, 0) is 18.2 Å². The van der Waals surface area contributed by atoms with Gasteiger partial charge in [-0.3, -0.25) is 14.9 Å². The lowest BCUT2D eigenvalue weighted by Gasteiger charge is -2.08. The van der Waals surface area contributed by atoms with Crippen LogP contribution in [0.15, 0.2) is 36.4 Å². The van der Waals surface area contributed by atoms with Crippen LogP contribution in [0.5, 0.6) is 0 Å². The van der Waals surface area contributed by atoms with Crippen molar-refractivity contribution in [2.45, 2.75) is 0 Å². The molecule has 0 bridgehead atoms. The molecule has 0 heterocycles. The van der Waals surface area contributed by atoms with Gasteiger partial charge in [0.2, 0.25) is 0 Å². The number of para-hydroxylation sites is 1. The van der Waals surface area contributed by atoms with Gasteiger partial charge in [-0.15, -0.1) is 0 Å². The van der Waals surface area contributed by atoms with Crippen LogP contribution < -0.4 is 11.1 Å². The number of anilines is 2. The Morgan fingerprint density at radius 2 is 1.86 bits per heavy atom. The summed E-state index contributed by atoms with van der Waals surface area (Å²) in [6, 6.07) is 8.94. The lowest BCUT2D eigenvalue weighted by molar-refractivity contribution is -0.383. The maximum atomic E-state index is 12.1. The first-order valence-corrected chi connectivity index (χ1v) is 6.45. The van der Waals surface area contributed by atoms with E-state index in [1.807, 2.05) is 0 Å². The van der Waals surface area contributed by atoms with Crippen molar-refractivity contribution in [1.29, 1.82) is 0 Å². The molecule has 0 aliphatic carbocycles. The van der Waals surface area contributed by atoms with E-state index in [9.17, 15) is 14.9 Å². The Balaban J connectivity index is 2.36. The first-order valence-electron chi connectivity index (χ1n) is 5.69. The highest BCUT2D eigenvalue weighted by atomic mass is 35.5. The summed E-state index contributed by atoms with van der Waals surface area (Å²) in [6.07, 6.45) is 0. The maximum absolute atomic E-state index is 12.1. The van der Waals surface area contributed by atoms with Crippen LogP contribution in [0.1, 0.15) is 10.4 Å². The lowest BCUT2D eigenvalue weighted by atomic mass is 10.1. The molecule has 0 aliphatic rings. The Morgan fingerprint density at radius 3 is 2.48 bits per heavy atom. The summed E-state index contributed by atoms with van der Waals surface area (Å²) in [4.78, 5) is 22.3. The van der Waals surface area contributed by atoms with E-state index in [-0.39, 0.29) is 16.3 Å². The Morgan fingerprint density at radius 1 is 1.19 bits per heavy atom. The van der Waals surface area contributed by atoms with E-state index in [0.717, 1.165) is 6.07 Å². The second-order valence-electron chi connectivity index (χ2n) is 4.08. The Hall–Kier alpha value is -2.31. The Labute approximate surface area is 129 Å². The van der Waals surface area contributed by atoms with E-state index in [1.54, 1.807) is 24.3 Å². The molecule has 0 radical (unpaired) electrons. The number of halogens is 2. The molecule has 6 nitrogen and oxygen atoms in total. The molecule has 0 aliphatic heterocycles. The number of hydrogen-bond acceptors (Lipinski definition) is 4. The molecular formula is C13H9Cl2N3O3. The van der Waals surface area contributed by atoms with Crippen LogP contribution in [0.3, 0.4) is 0 Å². The van der Waals surface area contributed by atoms with Crippen LogP contribution in [-0.4, -0.2) is 10.8 Å². The van der Waals surface area contributed by atoms with Gasteiger partial charge in [0.15, 0.2) is 0 Å². The highest BCUT2D eigenvalue weighted by molar-refractivity contribution is 6.35. The monoisotopic (exact) mass is 325 g/mol. The molecule has 2 rings (SSSR count). The number of nitrogen functional groups attached to an aromatic ring is 1. The van der Waals surface area contributed by atoms with Gasteiger partial charge in [0.25, 0.3) is 11.6 Å². The Bertz CT molecular complexity index is 735. The van der Waals surface area contributed by atoms with Gasteiger partial charge in [-0.2, -0.15) is 0 Å². The fourth-order valence-electron chi connectivity index (χ4n) is 1.64. The molecule has 2 aromatic carbocycles. The molecule has 1 amide bonds. The average Bonchev–Trinajstić information content (AvgIpc) is 2.43. The summed E-state index contributed by atoms with van der Waals surface area (Å²) in [6.45, 7) is 0. The highest BCUT2D eigenvalue weighted by Crippen LogP contribution is 2.31. The predicted octanol–water partition coefficient (Wildman–Crippen LogP) is 3.74. The molecular weight excluding hydrogens is 317 g/mol. The molecule has 0 saturated carbocycles. The minimum Gasteiger partial charge on any atom is -0.392 e. The molecule has 2 aromatic rings. The average molecular weight is 326 g/mol. The van der Waals surface area contributed by atoms with E-state index in [0.29, 0.717) is 10.7 Å². The maximum Gasteiger partial charge on any atom is 0.294 e. The summed E-state index contributed by atoms with van der Waals surface area (Å²) in [7, 11) is 0. The number of nitrogens with zero attached hydrogens (tertiary/aromatic N) is 1. The highest BCUT2D eigenvalue weighted by Gasteiger charge is 2.19. The largest absolute Gasteiger partial charge is 0.392 e. The van der Waals surface area contributed by atoms with Crippen LogP contribution in [0.2, 0.25) is 10.0 Å². The predicted molar refractivity (Wildman–Crippen MR) is 81.9 cm³/mol. The molecule has 0 fully saturated rings. The van der Waals surface area contributed by atoms with Gasteiger partial charge in [-0.1, -0.05) is 35.3 Å². The normalized spacial score (nSPS) is 10.2. The van der Waals surface area contributed by atoms with Gasteiger partial charge in [0.05, 0.1) is 20.7 Å². The molecule has 0 saturated heterocycles. The summed E-state index contributed by atoms with van der Waals surface area (Å²) >= 11 is 11.7.